The Morgan fingerprint density at radius 2 is 1.41 bits per heavy atom. The Morgan fingerprint density at radius 3 is 2.00 bits per heavy atom. The SMILES string of the molecule is NCc1ccc(Oc2cc(Oc3ccccc3)cc(C(=O)NC3CCC(N)CC3)c2)cc1. The summed E-state index contributed by atoms with van der Waals surface area (Å²) < 4.78 is 12.0. The van der Waals surface area contributed by atoms with E-state index in [0.29, 0.717) is 35.1 Å². The Morgan fingerprint density at radius 1 is 0.812 bits per heavy atom. The second kappa shape index (κ2) is 10.3. The number of hydrogen-bond donors (Lipinski definition) is 3. The van der Waals surface area contributed by atoms with Gasteiger partial charge in [0.2, 0.25) is 0 Å². The van der Waals surface area contributed by atoms with E-state index < -0.39 is 0 Å². The van der Waals surface area contributed by atoms with Gasteiger partial charge in [0.1, 0.15) is 23.0 Å². The first-order valence-electron chi connectivity index (χ1n) is 11.0. The van der Waals surface area contributed by atoms with Crippen molar-refractivity contribution in [1.29, 1.82) is 0 Å². The molecule has 0 bridgehead atoms. The van der Waals surface area contributed by atoms with Crippen LogP contribution in [0.5, 0.6) is 23.0 Å². The molecule has 3 aromatic rings. The Kier molecular flexibility index (Phi) is 7.04. The lowest BCUT2D eigenvalue weighted by molar-refractivity contribution is 0.0925. The molecule has 1 amide bonds. The maximum atomic E-state index is 13.0. The quantitative estimate of drug-likeness (QED) is 0.502. The van der Waals surface area contributed by atoms with Gasteiger partial charge in [-0.3, -0.25) is 4.79 Å². The summed E-state index contributed by atoms with van der Waals surface area (Å²) in [5.41, 5.74) is 13.2. The molecule has 0 radical (unpaired) electrons. The van der Waals surface area contributed by atoms with Crippen molar-refractivity contribution in [3.63, 3.8) is 0 Å². The summed E-state index contributed by atoms with van der Waals surface area (Å²) in [5.74, 6) is 2.25. The fraction of sp³-hybridized carbons (Fsp3) is 0.269. The van der Waals surface area contributed by atoms with Crippen molar-refractivity contribution in [2.75, 3.05) is 0 Å². The molecule has 1 fully saturated rings. The van der Waals surface area contributed by atoms with Crippen molar-refractivity contribution in [3.05, 3.63) is 83.9 Å². The lowest BCUT2D eigenvalue weighted by Crippen LogP contribution is -2.40. The number of rotatable bonds is 7. The summed E-state index contributed by atoms with van der Waals surface area (Å²) in [4.78, 5) is 13.0. The van der Waals surface area contributed by atoms with Crippen LogP contribution in [-0.4, -0.2) is 18.0 Å². The first kappa shape index (κ1) is 21.9. The molecule has 5 N–H and O–H groups in total. The summed E-state index contributed by atoms with van der Waals surface area (Å²) >= 11 is 0. The number of nitrogens with one attached hydrogen (secondary N) is 1. The highest BCUT2D eigenvalue weighted by Crippen LogP contribution is 2.31. The van der Waals surface area contributed by atoms with Crippen LogP contribution in [0.25, 0.3) is 0 Å². The van der Waals surface area contributed by atoms with E-state index in [4.69, 9.17) is 20.9 Å². The van der Waals surface area contributed by atoms with Gasteiger partial charge >= 0.3 is 0 Å². The molecule has 3 aromatic carbocycles. The maximum Gasteiger partial charge on any atom is 0.251 e. The number of ether oxygens (including phenoxy) is 2. The topological polar surface area (TPSA) is 99.6 Å². The van der Waals surface area contributed by atoms with Crippen LogP contribution >= 0.6 is 0 Å². The molecule has 0 aromatic heterocycles. The monoisotopic (exact) mass is 431 g/mol. The van der Waals surface area contributed by atoms with Gasteiger partial charge in [-0.1, -0.05) is 30.3 Å². The van der Waals surface area contributed by atoms with Crippen molar-refractivity contribution in [2.24, 2.45) is 11.5 Å². The zero-order chi connectivity index (χ0) is 22.3. The molecule has 6 nitrogen and oxygen atoms in total. The number of carbonyl (C=O) groups is 1. The van der Waals surface area contributed by atoms with Gasteiger partial charge in [0.15, 0.2) is 0 Å². The van der Waals surface area contributed by atoms with Gasteiger partial charge in [-0.15, -0.1) is 0 Å². The van der Waals surface area contributed by atoms with Crippen LogP contribution in [0.3, 0.4) is 0 Å². The van der Waals surface area contributed by atoms with Crippen molar-refractivity contribution >= 4 is 5.91 Å². The third-order valence-corrected chi connectivity index (χ3v) is 5.62. The van der Waals surface area contributed by atoms with E-state index in [9.17, 15) is 4.79 Å². The summed E-state index contributed by atoms with van der Waals surface area (Å²) in [7, 11) is 0. The van der Waals surface area contributed by atoms with Crippen LogP contribution in [0.2, 0.25) is 0 Å². The van der Waals surface area contributed by atoms with Crippen molar-refractivity contribution in [1.82, 2.24) is 5.32 Å². The van der Waals surface area contributed by atoms with Crippen LogP contribution in [-0.2, 0) is 6.54 Å². The van der Waals surface area contributed by atoms with E-state index in [1.807, 2.05) is 54.6 Å². The molecular formula is C26H29N3O3. The highest BCUT2D eigenvalue weighted by atomic mass is 16.5. The Balaban J connectivity index is 1.56. The molecule has 0 unspecified atom stereocenters. The summed E-state index contributed by atoms with van der Waals surface area (Å²) in [6.45, 7) is 0.469. The third kappa shape index (κ3) is 5.87. The highest BCUT2D eigenvalue weighted by Gasteiger charge is 2.21. The van der Waals surface area contributed by atoms with Crippen LogP contribution in [0.4, 0.5) is 0 Å². The van der Waals surface area contributed by atoms with Gasteiger partial charge in [0, 0.05) is 30.3 Å². The number of benzene rings is 3. The van der Waals surface area contributed by atoms with E-state index in [2.05, 4.69) is 5.32 Å². The van der Waals surface area contributed by atoms with Crippen molar-refractivity contribution in [3.8, 4) is 23.0 Å². The van der Waals surface area contributed by atoms with Gasteiger partial charge in [0.05, 0.1) is 0 Å². The third-order valence-electron chi connectivity index (χ3n) is 5.62. The van der Waals surface area contributed by atoms with Gasteiger partial charge in [0.25, 0.3) is 5.91 Å². The van der Waals surface area contributed by atoms with Gasteiger partial charge < -0.3 is 26.3 Å². The molecule has 6 heteroatoms. The molecule has 32 heavy (non-hydrogen) atoms. The average molecular weight is 432 g/mol. The van der Waals surface area contributed by atoms with Crippen LogP contribution in [0.15, 0.2) is 72.8 Å². The van der Waals surface area contributed by atoms with E-state index in [1.54, 1.807) is 18.2 Å². The van der Waals surface area contributed by atoms with Gasteiger partial charge in [-0.05, 0) is 67.6 Å². The van der Waals surface area contributed by atoms with Crippen LogP contribution in [0, 0.1) is 0 Å². The molecule has 1 aliphatic carbocycles. The number of para-hydroxylation sites is 1. The Labute approximate surface area is 188 Å². The zero-order valence-corrected chi connectivity index (χ0v) is 18.0. The molecule has 0 aliphatic heterocycles. The number of hydrogen-bond acceptors (Lipinski definition) is 5. The van der Waals surface area contributed by atoms with Crippen LogP contribution < -0.4 is 26.3 Å². The summed E-state index contributed by atoms with van der Waals surface area (Å²) in [5, 5.41) is 3.13. The second-order valence-corrected chi connectivity index (χ2v) is 8.14. The van der Waals surface area contributed by atoms with E-state index in [0.717, 1.165) is 31.2 Å². The fourth-order valence-electron chi connectivity index (χ4n) is 3.81. The number of carbonyl (C=O) groups excluding carboxylic acids is 1. The van der Waals surface area contributed by atoms with Gasteiger partial charge in [-0.25, -0.2) is 0 Å². The van der Waals surface area contributed by atoms with E-state index >= 15 is 0 Å². The van der Waals surface area contributed by atoms with Crippen molar-refractivity contribution in [2.45, 2.75) is 44.3 Å². The smallest absolute Gasteiger partial charge is 0.251 e. The predicted molar refractivity (Wildman–Crippen MR) is 125 cm³/mol. The predicted octanol–water partition coefficient (Wildman–Crippen LogP) is 4.73. The first-order chi connectivity index (χ1) is 15.6. The zero-order valence-electron chi connectivity index (χ0n) is 18.0. The number of nitrogens with two attached hydrogens (primary N) is 2. The molecule has 0 saturated heterocycles. The summed E-state index contributed by atoms with van der Waals surface area (Å²) in [6, 6.07) is 22.6. The molecule has 1 saturated carbocycles. The summed E-state index contributed by atoms with van der Waals surface area (Å²) in [6.07, 6.45) is 3.64. The molecule has 166 valence electrons. The van der Waals surface area contributed by atoms with Crippen LogP contribution in [0.1, 0.15) is 41.6 Å². The highest BCUT2D eigenvalue weighted by molar-refractivity contribution is 5.95. The Bertz CT molecular complexity index is 1030. The second-order valence-electron chi connectivity index (χ2n) is 8.14. The largest absolute Gasteiger partial charge is 0.457 e. The average Bonchev–Trinajstić information content (AvgIpc) is 2.81. The molecule has 4 rings (SSSR count). The fourth-order valence-corrected chi connectivity index (χ4v) is 3.81. The first-order valence-corrected chi connectivity index (χ1v) is 11.0. The van der Waals surface area contributed by atoms with E-state index in [1.165, 1.54) is 0 Å². The van der Waals surface area contributed by atoms with E-state index in [-0.39, 0.29) is 18.0 Å². The molecule has 1 aliphatic rings. The minimum absolute atomic E-state index is 0.133. The van der Waals surface area contributed by atoms with Gasteiger partial charge in [-0.2, -0.15) is 0 Å². The minimum Gasteiger partial charge on any atom is -0.457 e. The maximum absolute atomic E-state index is 13.0. The lowest BCUT2D eigenvalue weighted by Gasteiger charge is -2.26. The molecular weight excluding hydrogens is 402 g/mol. The standard InChI is InChI=1S/C26H29N3O3/c27-17-18-6-12-23(13-7-18)32-25-15-19(26(30)29-21-10-8-20(28)9-11-21)14-24(16-25)31-22-4-2-1-3-5-22/h1-7,12-16,20-21H,8-11,17,27-28H2,(H,29,30). The molecule has 0 spiro atoms. The molecule has 0 heterocycles. The number of amides is 1. The van der Waals surface area contributed by atoms with Crippen molar-refractivity contribution < 1.29 is 14.3 Å². The molecule has 0 atom stereocenters. The lowest BCUT2D eigenvalue weighted by atomic mass is 9.91. The normalized spacial score (nSPS) is 18.1. The minimum atomic E-state index is -0.146. The Hall–Kier alpha value is -3.35.